The van der Waals surface area contributed by atoms with Crippen LogP contribution in [0.5, 0.6) is 0 Å². The molecule has 2 heteroatoms. The van der Waals surface area contributed by atoms with Gasteiger partial charge in [-0.3, -0.25) is 0 Å². The molecule has 2 nitrogen and oxygen atoms in total. The van der Waals surface area contributed by atoms with Crippen molar-refractivity contribution in [1.29, 1.82) is 0 Å². The largest absolute Gasteiger partial charge is 0.394 e. The Hall–Kier alpha value is -0.340. The van der Waals surface area contributed by atoms with Crippen LogP contribution in [-0.2, 0) is 4.74 Å². The minimum absolute atomic E-state index is 0.0435. The van der Waals surface area contributed by atoms with Crippen LogP contribution in [0.15, 0.2) is 12.7 Å². The highest BCUT2D eigenvalue weighted by molar-refractivity contribution is 4.68. The van der Waals surface area contributed by atoms with Gasteiger partial charge < -0.3 is 9.84 Å². The van der Waals surface area contributed by atoms with Gasteiger partial charge in [-0.25, -0.2) is 0 Å². The van der Waals surface area contributed by atoms with E-state index >= 15 is 0 Å². The zero-order chi connectivity index (χ0) is 7.98. The third kappa shape index (κ3) is 3.64. The molecule has 0 spiro atoms. The summed E-state index contributed by atoms with van der Waals surface area (Å²) in [5.74, 6) is 0.366. The van der Waals surface area contributed by atoms with Crippen LogP contribution >= 0.6 is 0 Å². The predicted octanol–water partition coefficient (Wildman–Crippen LogP) is 1.21. The summed E-state index contributed by atoms with van der Waals surface area (Å²) in [6, 6.07) is 0. The number of aliphatic hydroxyl groups excluding tert-OH is 1. The SMILES string of the molecule is C=CCO[C@@H](CO)C(C)C. The van der Waals surface area contributed by atoms with Crippen molar-refractivity contribution in [2.75, 3.05) is 13.2 Å². The number of rotatable bonds is 5. The van der Waals surface area contributed by atoms with Gasteiger partial charge in [-0.15, -0.1) is 6.58 Å². The molecule has 0 rings (SSSR count). The van der Waals surface area contributed by atoms with Crippen LogP contribution in [0, 0.1) is 5.92 Å². The molecular formula is C8H16O2. The first-order valence-electron chi connectivity index (χ1n) is 3.55. The van der Waals surface area contributed by atoms with Crippen LogP contribution in [0.4, 0.5) is 0 Å². The van der Waals surface area contributed by atoms with E-state index < -0.39 is 0 Å². The molecule has 0 saturated heterocycles. The Kier molecular flexibility index (Phi) is 5.26. The van der Waals surface area contributed by atoms with Crippen molar-refractivity contribution in [2.45, 2.75) is 20.0 Å². The van der Waals surface area contributed by atoms with E-state index in [1.54, 1.807) is 6.08 Å². The van der Waals surface area contributed by atoms with Crippen LogP contribution in [0.1, 0.15) is 13.8 Å². The van der Waals surface area contributed by atoms with Gasteiger partial charge in [0.15, 0.2) is 0 Å². The molecule has 0 aliphatic heterocycles. The molecule has 0 radical (unpaired) electrons. The van der Waals surface area contributed by atoms with E-state index in [9.17, 15) is 0 Å². The minimum Gasteiger partial charge on any atom is -0.394 e. The van der Waals surface area contributed by atoms with Crippen LogP contribution in [0.3, 0.4) is 0 Å². The van der Waals surface area contributed by atoms with Gasteiger partial charge in [0.1, 0.15) is 0 Å². The Morgan fingerprint density at radius 1 is 1.60 bits per heavy atom. The first kappa shape index (κ1) is 9.66. The first-order chi connectivity index (χ1) is 4.72. The molecule has 1 atom stereocenters. The fourth-order valence-electron chi connectivity index (χ4n) is 0.648. The van der Waals surface area contributed by atoms with E-state index in [-0.39, 0.29) is 12.7 Å². The molecule has 0 fully saturated rings. The van der Waals surface area contributed by atoms with Crippen LogP contribution < -0.4 is 0 Å². The van der Waals surface area contributed by atoms with Gasteiger partial charge in [0.25, 0.3) is 0 Å². The molecule has 0 aromatic rings. The van der Waals surface area contributed by atoms with Crippen molar-refractivity contribution in [3.8, 4) is 0 Å². The second-order valence-electron chi connectivity index (χ2n) is 2.59. The lowest BCUT2D eigenvalue weighted by Gasteiger charge is -2.17. The summed E-state index contributed by atoms with van der Waals surface area (Å²) < 4.78 is 5.23. The molecule has 0 aromatic carbocycles. The van der Waals surface area contributed by atoms with Gasteiger partial charge in [0.05, 0.1) is 19.3 Å². The lowest BCUT2D eigenvalue weighted by molar-refractivity contribution is -0.000377. The molecule has 0 unspecified atom stereocenters. The quantitative estimate of drug-likeness (QED) is 0.588. The van der Waals surface area contributed by atoms with Crippen LogP contribution in [0.25, 0.3) is 0 Å². The third-order valence-corrected chi connectivity index (χ3v) is 1.35. The average molecular weight is 144 g/mol. The third-order valence-electron chi connectivity index (χ3n) is 1.35. The van der Waals surface area contributed by atoms with Crippen molar-refractivity contribution in [2.24, 2.45) is 5.92 Å². The van der Waals surface area contributed by atoms with Gasteiger partial charge in [-0.1, -0.05) is 19.9 Å². The molecule has 0 amide bonds. The fraction of sp³-hybridized carbons (Fsp3) is 0.750. The van der Waals surface area contributed by atoms with Crippen LogP contribution in [0.2, 0.25) is 0 Å². The molecular weight excluding hydrogens is 128 g/mol. The van der Waals surface area contributed by atoms with Crippen molar-refractivity contribution in [3.05, 3.63) is 12.7 Å². The molecule has 0 aliphatic carbocycles. The molecule has 0 bridgehead atoms. The van der Waals surface area contributed by atoms with Gasteiger partial charge in [-0.05, 0) is 5.92 Å². The average Bonchev–Trinajstić information content (AvgIpc) is 1.89. The van der Waals surface area contributed by atoms with Gasteiger partial charge >= 0.3 is 0 Å². The number of aliphatic hydroxyl groups is 1. The fourth-order valence-corrected chi connectivity index (χ4v) is 0.648. The molecule has 1 N–H and O–H groups in total. The summed E-state index contributed by atoms with van der Waals surface area (Å²) in [7, 11) is 0. The Bertz CT molecular complexity index is 89.3. The molecule has 0 saturated carbocycles. The summed E-state index contributed by atoms with van der Waals surface area (Å²) in [5.41, 5.74) is 0. The number of hydrogen-bond donors (Lipinski definition) is 1. The van der Waals surface area contributed by atoms with Crippen molar-refractivity contribution < 1.29 is 9.84 Å². The first-order valence-corrected chi connectivity index (χ1v) is 3.55. The number of hydrogen-bond acceptors (Lipinski definition) is 2. The molecule has 0 heterocycles. The predicted molar refractivity (Wildman–Crippen MR) is 41.9 cm³/mol. The smallest absolute Gasteiger partial charge is 0.0832 e. The van der Waals surface area contributed by atoms with Crippen LogP contribution in [-0.4, -0.2) is 24.4 Å². The second-order valence-corrected chi connectivity index (χ2v) is 2.59. The Morgan fingerprint density at radius 3 is 2.50 bits per heavy atom. The maximum Gasteiger partial charge on any atom is 0.0832 e. The maximum absolute atomic E-state index is 8.76. The molecule has 0 aromatic heterocycles. The summed E-state index contributed by atoms with van der Waals surface area (Å²) >= 11 is 0. The standard InChI is InChI=1S/C8H16O2/c1-4-5-10-8(6-9)7(2)3/h4,7-9H,1,5-6H2,2-3H3/t8-/m0/s1. The van der Waals surface area contributed by atoms with Crippen molar-refractivity contribution >= 4 is 0 Å². The molecule has 60 valence electrons. The lowest BCUT2D eigenvalue weighted by Crippen LogP contribution is -2.23. The van der Waals surface area contributed by atoms with Gasteiger partial charge in [0, 0.05) is 0 Å². The Labute approximate surface area is 62.5 Å². The zero-order valence-corrected chi connectivity index (χ0v) is 6.71. The van der Waals surface area contributed by atoms with E-state index in [1.165, 1.54) is 0 Å². The van der Waals surface area contributed by atoms with E-state index in [4.69, 9.17) is 9.84 Å². The highest BCUT2D eigenvalue weighted by Gasteiger charge is 2.10. The van der Waals surface area contributed by atoms with Gasteiger partial charge in [-0.2, -0.15) is 0 Å². The number of ether oxygens (including phenoxy) is 1. The van der Waals surface area contributed by atoms with Crippen molar-refractivity contribution in [3.63, 3.8) is 0 Å². The summed E-state index contributed by atoms with van der Waals surface area (Å²) in [5, 5.41) is 8.76. The second kappa shape index (κ2) is 5.45. The Balaban J connectivity index is 3.49. The highest BCUT2D eigenvalue weighted by Crippen LogP contribution is 2.04. The molecule has 0 aliphatic rings. The molecule has 10 heavy (non-hydrogen) atoms. The monoisotopic (exact) mass is 144 g/mol. The Morgan fingerprint density at radius 2 is 2.20 bits per heavy atom. The summed E-state index contributed by atoms with van der Waals surface area (Å²) in [6.45, 7) is 8.16. The minimum atomic E-state index is -0.0435. The zero-order valence-electron chi connectivity index (χ0n) is 6.71. The van der Waals surface area contributed by atoms with Gasteiger partial charge in [0.2, 0.25) is 0 Å². The summed E-state index contributed by atoms with van der Waals surface area (Å²) in [6.07, 6.45) is 1.64. The summed E-state index contributed by atoms with van der Waals surface area (Å²) in [4.78, 5) is 0. The van der Waals surface area contributed by atoms with E-state index in [1.807, 2.05) is 13.8 Å². The van der Waals surface area contributed by atoms with Crippen molar-refractivity contribution in [1.82, 2.24) is 0 Å². The highest BCUT2D eigenvalue weighted by atomic mass is 16.5. The lowest BCUT2D eigenvalue weighted by atomic mass is 10.1. The van der Waals surface area contributed by atoms with E-state index in [2.05, 4.69) is 6.58 Å². The maximum atomic E-state index is 8.76. The van der Waals surface area contributed by atoms with E-state index in [0.29, 0.717) is 12.5 Å². The van der Waals surface area contributed by atoms with E-state index in [0.717, 1.165) is 0 Å². The topological polar surface area (TPSA) is 29.5 Å². The normalized spacial score (nSPS) is 13.6.